The Morgan fingerprint density at radius 3 is 2.74 bits per heavy atom. The third-order valence-corrected chi connectivity index (χ3v) is 7.44. The molecule has 2 fully saturated rings. The summed E-state index contributed by atoms with van der Waals surface area (Å²) in [7, 11) is 1.47. The summed E-state index contributed by atoms with van der Waals surface area (Å²) >= 11 is 0. The highest BCUT2D eigenvalue weighted by atomic mass is 19.1. The minimum absolute atomic E-state index is 0.155. The number of aromatic nitrogens is 3. The fourth-order valence-corrected chi connectivity index (χ4v) is 5.36. The largest absolute Gasteiger partial charge is 0.494 e. The van der Waals surface area contributed by atoms with Crippen LogP contribution in [0.25, 0.3) is 0 Å². The van der Waals surface area contributed by atoms with Crippen molar-refractivity contribution < 1.29 is 9.13 Å². The lowest BCUT2D eigenvalue weighted by Crippen LogP contribution is -2.35. The van der Waals surface area contributed by atoms with Gasteiger partial charge in [0.1, 0.15) is 0 Å². The van der Waals surface area contributed by atoms with Crippen molar-refractivity contribution in [3.05, 3.63) is 24.0 Å². The van der Waals surface area contributed by atoms with Gasteiger partial charge in [0.25, 0.3) is 0 Å². The Kier molecular flexibility index (Phi) is 8.03. The van der Waals surface area contributed by atoms with Crippen LogP contribution in [-0.4, -0.2) is 59.2 Å². The van der Waals surface area contributed by atoms with Gasteiger partial charge in [-0.05, 0) is 56.3 Å². The fraction of sp³-hybridized carbons (Fsp3) is 0.640. The SMILES string of the molecule is CCN1CCCC1CNc1nc(N)nc(N(CC2CCCCC2C)c2ccc(OC)c(F)c2)n1. The number of benzene rings is 1. The van der Waals surface area contributed by atoms with Crippen LogP contribution in [0, 0.1) is 17.7 Å². The second-order valence-electron chi connectivity index (χ2n) is 9.57. The molecule has 2 heterocycles. The maximum Gasteiger partial charge on any atom is 0.236 e. The molecule has 186 valence electrons. The molecule has 1 aromatic carbocycles. The first-order chi connectivity index (χ1) is 16.5. The summed E-state index contributed by atoms with van der Waals surface area (Å²) < 4.78 is 19.8. The van der Waals surface area contributed by atoms with Crippen molar-refractivity contribution in [3.8, 4) is 5.75 Å². The van der Waals surface area contributed by atoms with Crippen LogP contribution in [-0.2, 0) is 0 Å². The zero-order chi connectivity index (χ0) is 24.1. The lowest BCUT2D eigenvalue weighted by molar-refractivity contribution is 0.262. The zero-order valence-electron chi connectivity index (χ0n) is 20.6. The maximum atomic E-state index is 14.7. The molecular weight excluding hydrogens is 433 g/mol. The molecule has 1 aromatic heterocycles. The van der Waals surface area contributed by atoms with Crippen LogP contribution < -0.4 is 20.7 Å². The number of halogens is 1. The summed E-state index contributed by atoms with van der Waals surface area (Å²) in [5, 5.41) is 3.38. The summed E-state index contributed by atoms with van der Waals surface area (Å²) in [5.41, 5.74) is 6.80. The molecule has 8 nitrogen and oxygen atoms in total. The van der Waals surface area contributed by atoms with E-state index in [1.54, 1.807) is 6.07 Å². The van der Waals surface area contributed by atoms with Crippen LogP contribution in [0.1, 0.15) is 52.4 Å². The van der Waals surface area contributed by atoms with Crippen molar-refractivity contribution in [2.24, 2.45) is 11.8 Å². The monoisotopic (exact) mass is 471 g/mol. The number of nitrogens with zero attached hydrogens (tertiary/aromatic N) is 5. The number of likely N-dealkylation sites (tertiary alicyclic amines) is 1. The van der Waals surface area contributed by atoms with Crippen molar-refractivity contribution in [2.45, 2.75) is 58.4 Å². The summed E-state index contributed by atoms with van der Waals surface area (Å²) in [6.07, 6.45) is 7.18. The Balaban J connectivity index is 1.61. The smallest absolute Gasteiger partial charge is 0.236 e. The minimum atomic E-state index is -0.414. The van der Waals surface area contributed by atoms with Crippen LogP contribution in [0.3, 0.4) is 0 Å². The molecule has 1 aliphatic carbocycles. The van der Waals surface area contributed by atoms with Gasteiger partial charge in [-0.3, -0.25) is 4.90 Å². The van der Waals surface area contributed by atoms with E-state index in [-0.39, 0.29) is 11.7 Å². The van der Waals surface area contributed by atoms with Crippen molar-refractivity contribution >= 4 is 23.5 Å². The molecule has 0 spiro atoms. The van der Waals surface area contributed by atoms with E-state index < -0.39 is 5.82 Å². The first kappa shape index (κ1) is 24.4. The molecule has 1 aliphatic heterocycles. The summed E-state index contributed by atoms with van der Waals surface area (Å²) in [6, 6.07) is 5.43. The normalized spacial score (nSPS) is 23.1. The number of hydrogen-bond donors (Lipinski definition) is 2. The summed E-state index contributed by atoms with van der Waals surface area (Å²) in [5.74, 6) is 1.90. The van der Waals surface area contributed by atoms with Crippen molar-refractivity contribution in [2.75, 3.05) is 49.2 Å². The molecule has 3 atom stereocenters. The molecule has 3 unspecified atom stereocenters. The topological polar surface area (TPSA) is 92.4 Å². The van der Waals surface area contributed by atoms with E-state index in [1.165, 1.54) is 38.9 Å². The molecule has 0 bridgehead atoms. The van der Waals surface area contributed by atoms with Crippen molar-refractivity contribution in [3.63, 3.8) is 0 Å². The van der Waals surface area contributed by atoms with Gasteiger partial charge in [0.15, 0.2) is 11.6 Å². The third kappa shape index (κ3) is 5.68. The molecule has 2 aliphatic rings. The van der Waals surface area contributed by atoms with Gasteiger partial charge >= 0.3 is 0 Å². The van der Waals surface area contributed by atoms with Crippen molar-refractivity contribution in [1.82, 2.24) is 19.9 Å². The molecule has 0 amide bonds. The fourth-order valence-electron chi connectivity index (χ4n) is 5.36. The molecule has 9 heteroatoms. The molecule has 1 saturated carbocycles. The number of nitrogens with one attached hydrogen (secondary N) is 1. The van der Waals surface area contributed by atoms with E-state index in [4.69, 9.17) is 15.5 Å². The zero-order valence-corrected chi connectivity index (χ0v) is 20.6. The minimum Gasteiger partial charge on any atom is -0.494 e. The molecule has 4 rings (SSSR count). The van der Waals surface area contributed by atoms with Crippen molar-refractivity contribution in [1.29, 1.82) is 0 Å². The van der Waals surface area contributed by atoms with Crippen LogP contribution in [0.4, 0.5) is 27.9 Å². The number of likely N-dealkylation sites (N-methyl/N-ethyl adjacent to an activating group) is 1. The first-order valence-corrected chi connectivity index (χ1v) is 12.6. The second-order valence-corrected chi connectivity index (χ2v) is 9.57. The number of nitrogens with two attached hydrogens (primary N) is 1. The van der Waals surface area contributed by atoms with Gasteiger partial charge < -0.3 is 20.7 Å². The standard InChI is InChI=1S/C25H38FN7O/c1-4-32-13-7-10-20(32)15-28-24-29-23(27)30-25(31-24)33(16-18-9-6-5-8-17(18)2)19-11-12-22(34-3)21(26)14-19/h11-12,14,17-18,20H,4-10,13,15-16H2,1-3H3,(H3,27,28,29,30,31). The number of ether oxygens (including phenoxy) is 1. The number of methoxy groups -OCH3 is 1. The average Bonchev–Trinajstić information content (AvgIpc) is 3.29. The highest BCUT2D eigenvalue weighted by molar-refractivity contribution is 5.60. The van der Waals surface area contributed by atoms with Gasteiger partial charge in [-0.15, -0.1) is 0 Å². The van der Waals surface area contributed by atoms with Gasteiger partial charge in [-0.2, -0.15) is 15.0 Å². The Morgan fingerprint density at radius 1 is 1.18 bits per heavy atom. The van der Waals surface area contributed by atoms with Gasteiger partial charge in [-0.1, -0.05) is 33.1 Å². The molecule has 1 saturated heterocycles. The number of hydrogen-bond acceptors (Lipinski definition) is 8. The molecule has 3 N–H and O–H groups in total. The summed E-state index contributed by atoms with van der Waals surface area (Å²) in [4.78, 5) is 18.0. The van der Waals surface area contributed by atoms with Gasteiger partial charge in [-0.25, -0.2) is 4.39 Å². The summed E-state index contributed by atoms with van der Waals surface area (Å²) in [6.45, 7) is 8.11. The van der Waals surface area contributed by atoms with Crippen LogP contribution in [0.5, 0.6) is 5.75 Å². The van der Waals surface area contributed by atoms with Crippen LogP contribution in [0.2, 0.25) is 0 Å². The predicted molar refractivity (Wildman–Crippen MR) is 134 cm³/mol. The van der Waals surface area contributed by atoms with Crippen LogP contribution >= 0.6 is 0 Å². The van der Waals surface area contributed by atoms with Crippen LogP contribution in [0.15, 0.2) is 18.2 Å². The number of anilines is 4. The quantitative estimate of drug-likeness (QED) is 0.554. The maximum absolute atomic E-state index is 14.7. The Bertz CT molecular complexity index is 959. The molecule has 0 radical (unpaired) electrons. The lowest BCUT2D eigenvalue weighted by atomic mass is 9.80. The number of rotatable bonds is 9. The predicted octanol–water partition coefficient (Wildman–Crippen LogP) is 4.46. The molecule has 34 heavy (non-hydrogen) atoms. The first-order valence-electron chi connectivity index (χ1n) is 12.6. The third-order valence-electron chi connectivity index (χ3n) is 7.44. The molecular formula is C25H38FN7O. The van der Waals surface area contributed by atoms with Gasteiger partial charge in [0.05, 0.1) is 7.11 Å². The average molecular weight is 472 g/mol. The highest BCUT2D eigenvalue weighted by Crippen LogP contribution is 2.35. The van der Waals surface area contributed by atoms with E-state index in [0.717, 1.165) is 32.5 Å². The Hall–Kier alpha value is -2.68. The second kappa shape index (κ2) is 11.2. The van der Waals surface area contributed by atoms with Gasteiger partial charge in [0, 0.05) is 30.9 Å². The van der Waals surface area contributed by atoms with E-state index in [2.05, 4.69) is 34.0 Å². The lowest BCUT2D eigenvalue weighted by Gasteiger charge is -2.34. The van der Waals surface area contributed by atoms with E-state index >= 15 is 0 Å². The van der Waals surface area contributed by atoms with E-state index in [0.29, 0.717) is 42.0 Å². The number of nitrogen functional groups attached to an aromatic ring is 1. The Morgan fingerprint density at radius 2 is 2.00 bits per heavy atom. The van der Waals surface area contributed by atoms with E-state index in [9.17, 15) is 4.39 Å². The Labute approximate surface area is 202 Å². The van der Waals surface area contributed by atoms with E-state index in [1.807, 2.05) is 11.0 Å². The highest BCUT2D eigenvalue weighted by Gasteiger charge is 2.27. The molecule has 2 aromatic rings. The van der Waals surface area contributed by atoms with Gasteiger partial charge in [0.2, 0.25) is 17.8 Å².